The molecule has 31 heavy (non-hydrogen) atoms. The Morgan fingerprint density at radius 2 is 1.90 bits per heavy atom. The largest absolute Gasteiger partial charge is 0.352 e. The highest BCUT2D eigenvalue weighted by atomic mass is 35.5. The summed E-state index contributed by atoms with van der Waals surface area (Å²) in [5, 5.41) is 3.56. The van der Waals surface area contributed by atoms with Crippen molar-refractivity contribution in [1.82, 2.24) is 9.62 Å². The second kappa shape index (κ2) is 10.6. The lowest BCUT2D eigenvalue weighted by Gasteiger charge is -2.31. The number of amides is 1. The standard InChI is InChI=1S/C24H31ClN2O3S/c1-3-18-10-11-20(4-2)22(13-18)15-26-24(28)21-8-6-12-27(16-21)31(29,30)17-19-7-5-9-23(25)14-19/h5,7,9-11,13-14,21H,3-4,6,8,12,15-17H2,1-2H3,(H,26,28). The Labute approximate surface area is 190 Å². The fraction of sp³-hybridized carbons (Fsp3) is 0.458. The van der Waals surface area contributed by atoms with E-state index in [1.807, 2.05) is 0 Å². The first kappa shape index (κ1) is 23.8. The molecule has 1 unspecified atom stereocenters. The molecule has 5 nitrogen and oxygen atoms in total. The van der Waals surface area contributed by atoms with E-state index in [1.165, 1.54) is 15.4 Å². The number of rotatable bonds is 8. The minimum absolute atomic E-state index is 0.0772. The van der Waals surface area contributed by atoms with Crippen molar-refractivity contribution in [3.63, 3.8) is 0 Å². The van der Waals surface area contributed by atoms with E-state index < -0.39 is 10.0 Å². The lowest BCUT2D eigenvalue weighted by Crippen LogP contribution is -2.45. The van der Waals surface area contributed by atoms with E-state index in [0.717, 1.165) is 18.4 Å². The molecule has 2 aromatic rings. The molecule has 0 saturated carbocycles. The van der Waals surface area contributed by atoms with Crippen LogP contribution in [0.3, 0.4) is 0 Å². The van der Waals surface area contributed by atoms with Gasteiger partial charge in [0.2, 0.25) is 15.9 Å². The summed E-state index contributed by atoms with van der Waals surface area (Å²) in [7, 11) is -3.51. The average Bonchev–Trinajstić information content (AvgIpc) is 2.77. The molecule has 1 atom stereocenters. The highest BCUT2D eigenvalue weighted by Crippen LogP contribution is 2.23. The number of halogens is 1. The van der Waals surface area contributed by atoms with Crippen molar-refractivity contribution in [2.24, 2.45) is 5.92 Å². The Morgan fingerprint density at radius 3 is 2.61 bits per heavy atom. The second-order valence-electron chi connectivity index (χ2n) is 8.11. The zero-order valence-corrected chi connectivity index (χ0v) is 19.8. The molecule has 1 heterocycles. The van der Waals surface area contributed by atoms with Crippen LogP contribution in [0.4, 0.5) is 0 Å². The number of hydrogen-bond donors (Lipinski definition) is 1. The van der Waals surface area contributed by atoms with Gasteiger partial charge in [0.1, 0.15) is 0 Å². The summed E-state index contributed by atoms with van der Waals surface area (Å²) in [5.41, 5.74) is 4.27. The van der Waals surface area contributed by atoms with Gasteiger partial charge in [-0.1, -0.05) is 55.8 Å². The highest BCUT2D eigenvalue weighted by molar-refractivity contribution is 7.88. The molecule has 1 aliphatic heterocycles. The van der Waals surface area contributed by atoms with E-state index in [4.69, 9.17) is 11.6 Å². The third kappa shape index (κ3) is 6.31. The van der Waals surface area contributed by atoms with Gasteiger partial charge in [0.15, 0.2) is 0 Å². The van der Waals surface area contributed by atoms with E-state index >= 15 is 0 Å². The molecule has 168 valence electrons. The van der Waals surface area contributed by atoms with Gasteiger partial charge in [-0.05, 0) is 60.1 Å². The minimum atomic E-state index is -3.51. The SMILES string of the molecule is CCc1ccc(CC)c(CNC(=O)C2CCCN(S(=O)(=O)Cc3cccc(Cl)c3)C2)c1. The van der Waals surface area contributed by atoms with Crippen LogP contribution in [0.15, 0.2) is 42.5 Å². The number of hydrogen-bond acceptors (Lipinski definition) is 3. The number of carbonyl (C=O) groups excluding carboxylic acids is 1. The van der Waals surface area contributed by atoms with Gasteiger partial charge in [0.25, 0.3) is 0 Å². The normalized spacial score (nSPS) is 17.5. The van der Waals surface area contributed by atoms with Gasteiger partial charge in [0, 0.05) is 24.7 Å². The van der Waals surface area contributed by atoms with Crippen LogP contribution >= 0.6 is 11.6 Å². The topological polar surface area (TPSA) is 66.5 Å². The van der Waals surface area contributed by atoms with Gasteiger partial charge >= 0.3 is 0 Å². The summed E-state index contributed by atoms with van der Waals surface area (Å²) in [5.74, 6) is -0.514. The molecule has 3 rings (SSSR count). The van der Waals surface area contributed by atoms with Crippen molar-refractivity contribution in [2.75, 3.05) is 13.1 Å². The van der Waals surface area contributed by atoms with Crippen molar-refractivity contribution < 1.29 is 13.2 Å². The molecule has 2 aromatic carbocycles. The molecular formula is C24H31ClN2O3S. The van der Waals surface area contributed by atoms with Crippen LogP contribution < -0.4 is 5.32 Å². The molecule has 1 aliphatic rings. The summed E-state index contributed by atoms with van der Waals surface area (Å²) < 4.78 is 27.3. The Morgan fingerprint density at radius 1 is 1.10 bits per heavy atom. The quantitative estimate of drug-likeness (QED) is 0.635. The number of piperidine rings is 1. The van der Waals surface area contributed by atoms with Crippen molar-refractivity contribution in [1.29, 1.82) is 0 Å². The molecule has 1 saturated heterocycles. The van der Waals surface area contributed by atoms with E-state index in [9.17, 15) is 13.2 Å². The van der Waals surface area contributed by atoms with Gasteiger partial charge in [-0.25, -0.2) is 12.7 Å². The first-order valence-electron chi connectivity index (χ1n) is 10.9. The van der Waals surface area contributed by atoms with E-state index in [0.29, 0.717) is 36.5 Å². The zero-order chi connectivity index (χ0) is 22.4. The summed E-state index contributed by atoms with van der Waals surface area (Å²) in [6.07, 6.45) is 3.24. The summed E-state index contributed by atoms with van der Waals surface area (Å²) >= 11 is 5.99. The Kier molecular flexibility index (Phi) is 8.14. The van der Waals surface area contributed by atoms with Gasteiger partial charge in [-0.15, -0.1) is 0 Å². The van der Waals surface area contributed by atoms with E-state index in [1.54, 1.807) is 24.3 Å². The van der Waals surface area contributed by atoms with Crippen molar-refractivity contribution in [3.05, 3.63) is 69.7 Å². The lowest BCUT2D eigenvalue weighted by atomic mass is 9.97. The Bertz CT molecular complexity index is 1020. The number of sulfonamides is 1. The maximum atomic E-state index is 12.9. The number of nitrogens with one attached hydrogen (secondary N) is 1. The molecular weight excluding hydrogens is 432 g/mol. The number of carbonyl (C=O) groups is 1. The lowest BCUT2D eigenvalue weighted by molar-refractivity contribution is -0.126. The fourth-order valence-corrected chi connectivity index (χ4v) is 5.88. The smallest absolute Gasteiger partial charge is 0.224 e. The van der Waals surface area contributed by atoms with Crippen molar-refractivity contribution in [3.8, 4) is 0 Å². The number of aryl methyl sites for hydroxylation is 2. The van der Waals surface area contributed by atoms with Crippen LogP contribution in [0.1, 0.15) is 48.9 Å². The Balaban J connectivity index is 1.63. The predicted molar refractivity (Wildman–Crippen MR) is 125 cm³/mol. The fourth-order valence-electron chi connectivity index (χ4n) is 4.07. The third-order valence-electron chi connectivity index (χ3n) is 5.90. The van der Waals surface area contributed by atoms with Crippen molar-refractivity contribution in [2.45, 2.75) is 51.8 Å². The van der Waals surface area contributed by atoms with Crippen LogP contribution in [-0.2, 0) is 40.0 Å². The molecule has 1 fully saturated rings. The van der Waals surface area contributed by atoms with Gasteiger partial charge in [0.05, 0.1) is 11.7 Å². The molecule has 0 bridgehead atoms. The first-order chi connectivity index (χ1) is 14.8. The molecule has 0 spiro atoms. The molecule has 7 heteroatoms. The maximum Gasteiger partial charge on any atom is 0.224 e. The summed E-state index contributed by atoms with van der Waals surface area (Å²) in [6, 6.07) is 13.3. The maximum absolute atomic E-state index is 12.9. The third-order valence-corrected chi connectivity index (χ3v) is 7.95. The van der Waals surface area contributed by atoms with Gasteiger partial charge in [-0.2, -0.15) is 0 Å². The van der Waals surface area contributed by atoms with Crippen LogP contribution in [-0.4, -0.2) is 31.7 Å². The highest BCUT2D eigenvalue weighted by Gasteiger charge is 2.32. The van der Waals surface area contributed by atoms with Crippen molar-refractivity contribution >= 4 is 27.5 Å². The first-order valence-corrected chi connectivity index (χ1v) is 12.9. The second-order valence-corrected chi connectivity index (χ2v) is 10.5. The summed E-state index contributed by atoms with van der Waals surface area (Å²) in [4.78, 5) is 12.9. The number of benzene rings is 2. The Hall–Kier alpha value is -1.89. The minimum Gasteiger partial charge on any atom is -0.352 e. The molecule has 1 N–H and O–H groups in total. The summed E-state index contributed by atoms with van der Waals surface area (Å²) in [6.45, 7) is 5.37. The van der Waals surface area contributed by atoms with Crippen LogP contribution in [0.2, 0.25) is 5.02 Å². The van der Waals surface area contributed by atoms with Crippen LogP contribution in [0, 0.1) is 5.92 Å². The molecule has 0 aromatic heterocycles. The zero-order valence-electron chi connectivity index (χ0n) is 18.2. The van der Waals surface area contributed by atoms with Crippen LogP contribution in [0.5, 0.6) is 0 Å². The number of nitrogens with zero attached hydrogens (tertiary/aromatic N) is 1. The monoisotopic (exact) mass is 462 g/mol. The van der Waals surface area contributed by atoms with E-state index in [-0.39, 0.29) is 24.1 Å². The van der Waals surface area contributed by atoms with Crippen LogP contribution in [0.25, 0.3) is 0 Å². The molecule has 0 aliphatic carbocycles. The van der Waals surface area contributed by atoms with Gasteiger partial charge in [-0.3, -0.25) is 4.79 Å². The predicted octanol–water partition coefficient (Wildman–Crippen LogP) is 4.32. The average molecular weight is 463 g/mol. The van der Waals surface area contributed by atoms with E-state index in [2.05, 4.69) is 37.4 Å². The molecule has 1 amide bonds. The van der Waals surface area contributed by atoms with Gasteiger partial charge < -0.3 is 5.32 Å². The molecule has 0 radical (unpaired) electrons.